The van der Waals surface area contributed by atoms with E-state index in [-0.39, 0.29) is 5.82 Å². The molecule has 1 aliphatic carbocycles. The standard InChI is InChI=1S/C17H26FN/c1-2-11-19-14-17(9-4-3-5-10-17)13-15-7-6-8-16(18)12-15/h6-8,12,19H,2-5,9-11,13-14H2,1H3. The van der Waals surface area contributed by atoms with E-state index < -0.39 is 0 Å². The van der Waals surface area contributed by atoms with E-state index in [1.807, 2.05) is 6.07 Å². The lowest BCUT2D eigenvalue weighted by molar-refractivity contribution is 0.181. The van der Waals surface area contributed by atoms with Gasteiger partial charge in [-0.1, -0.05) is 38.3 Å². The zero-order chi connectivity index (χ0) is 13.6. The monoisotopic (exact) mass is 263 g/mol. The third-order valence-corrected chi connectivity index (χ3v) is 4.31. The maximum absolute atomic E-state index is 13.3. The highest BCUT2D eigenvalue weighted by Crippen LogP contribution is 2.38. The summed E-state index contributed by atoms with van der Waals surface area (Å²) in [6, 6.07) is 7.14. The number of nitrogens with one attached hydrogen (secondary N) is 1. The lowest BCUT2D eigenvalue weighted by Gasteiger charge is -2.38. The van der Waals surface area contributed by atoms with Gasteiger partial charge in [-0.15, -0.1) is 0 Å². The molecule has 0 saturated heterocycles. The van der Waals surface area contributed by atoms with E-state index in [9.17, 15) is 4.39 Å². The van der Waals surface area contributed by atoms with Crippen LogP contribution in [0.15, 0.2) is 24.3 Å². The fourth-order valence-electron chi connectivity index (χ4n) is 3.33. The van der Waals surface area contributed by atoms with Gasteiger partial charge in [0.2, 0.25) is 0 Å². The zero-order valence-electron chi connectivity index (χ0n) is 12.1. The molecule has 2 heteroatoms. The van der Waals surface area contributed by atoms with Crippen molar-refractivity contribution in [2.24, 2.45) is 5.41 Å². The van der Waals surface area contributed by atoms with Gasteiger partial charge in [0.25, 0.3) is 0 Å². The van der Waals surface area contributed by atoms with Gasteiger partial charge in [-0.2, -0.15) is 0 Å². The van der Waals surface area contributed by atoms with Crippen molar-refractivity contribution in [3.63, 3.8) is 0 Å². The van der Waals surface area contributed by atoms with Crippen LogP contribution in [0.4, 0.5) is 4.39 Å². The Morgan fingerprint density at radius 3 is 2.68 bits per heavy atom. The van der Waals surface area contributed by atoms with Crippen molar-refractivity contribution in [3.05, 3.63) is 35.6 Å². The van der Waals surface area contributed by atoms with Crippen LogP contribution < -0.4 is 5.32 Å². The number of halogens is 1. The molecule has 0 heterocycles. The molecule has 1 aliphatic rings. The molecule has 0 bridgehead atoms. The summed E-state index contributed by atoms with van der Waals surface area (Å²) < 4.78 is 13.3. The van der Waals surface area contributed by atoms with Crippen molar-refractivity contribution < 1.29 is 4.39 Å². The summed E-state index contributed by atoms with van der Waals surface area (Å²) in [5.74, 6) is -0.107. The third-order valence-electron chi connectivity index (χ3n) is 4.31. The Hall–Kier alpha value is -0.890. The second-order valence-electron chi connectivity index (χ2n) is 6.04. The Morgan fingerprint density at radius 2 is 2.00 bits per heavy atom. The molecule has 0 aliphatic heterocycles. The summed E-state index contributed by atoms with van der Waals surface area (Å²) in [4.78, 5) is 0. The van der Waals surface area contributed by atoms with Gasteiger partial charge in [0.1, 0.15) is 5.82 Å². The second-order valence-corrected chi connectivity index (χ2v) is 6.04. The fourth-order valence-corrected chi connectivity index (χ4v) is 3.33. The van der Waals surface area contributed by atoms with Crippen LogP contribution >= 0.6 is 0 Å². The Balaban J connectivity index is 2.04. The Morgan fingerprint density at radius 1 is 1.21 bits per heavy atom. The summed E-state index contributed by atoms with van der Waals surface area (Å²) in [6.45, 7) is 4.37. The molecule has 0 radical (unpaired) electrons. The van der Waals surface area contributed by atoms with Crippen molar-refractivity contribution >= 4 is 0 Å². The molecule has 0 aromatic heterocycles. The average Bonchev–Trinajstić information content (AvgIpc) is 2.40. The molecule has 0 atom stereocenters. The van der Waals surface area contributed by atoms with E-state index in [2.05, 4.69) is 18.3 Å². The van der Waals surface area contributed by atoms with Gasteiger partial charge in [0.05, 0.1) is 0 Å². The molecular weight excluding hydrogens is 237 g/mol. The van der Waals surface area contributed by atoms with Crippen molar-refractivity contribution in [1.29, 1.82) is 0 Å². The number of hydrogen-bond donors (Lipinski definition) is 1. The first-order valence-electron chi connectivity index (χ1n) is 7.69. The maximum atomic E-state index is 13.3. The van der Waals surface area contributed by atoms with E-state index in [0.717, 1.165) is 25.1 Å². The highest BCUT2D eigenvalue weighted by atomic mass is 19.1. The SMILES string of the molecule is CCCNCC1(Cc2cccc(F)c2)CCCCC1. The van der Waals surface area contributed by atoms with Gasteiger partial charge in [-0.3, -0.25) is 0 Å². The predicted molar refractivity (Wildman–Crippen MR) is 78.8 cm³/mol. The van der Waals surface area contributed by atoms with Crippen LogP contribution in [-0.2, 0) is 6.42 Å². The largest absolute Gasteiger partial charge is 0.316 e. The maximum Gasteiger partial charge on any atom is 0.123 e. The lowest BCUT2D eigenvalue weighted by atomic mass is 9.70. The summed E-state index contributed by atoms with van der Waals surface area (Å²) in [6.07, 6.45) is 8.75. The first-order chi connectivity index (χ1) is 9.24. The molecule has 1 nitrogen and oxygen atoms in total. The molecule has 106 valence electrons. The summed E-state index contributed by atoms with van der Waals surface area (Å²) in [5.41, 5.74) is 1.50. The summed E-state index contributed by atoms with van der Waals surface area (Å²) in [7, 11) is 0. The van der Waals surface area contributed by atoms with E-state index in [0.29, 0.717) is 5.41 Å². The predicted octanol–water partition coefficient (Wildman–Crippen LogP) is 4.32. The molecule has 1 fully saturated rings. The van der Waals surface area contributed by atoms with Gasteiger partial charge < -0.3 is 5.32 Å². The Kier molecular flexibility index (Phi) is 5.38. The van der Waals surface area contributed by atoms with E-state index in [1.54, 1.807) is 6.07 Å². The average molecular weight is 263 g/mol. The molecule has 0 amide bonds. The smallest absolute Gasteiger partial charge is 0.123 e. The minimum absolute atomic E-state index is 0.107. The molecule has 2 rings (SSSR count). The number of rotatable bonds is 6. The first kappa shape index (κ1) is 14.5. The van der Waals surface area contributed by atoms with Crippen LogP contribution in [0.1, 0.15) is 51.0 Å². The van der Waals surface area contributed by atoms with Crippen LogP contribution in [0, 0.1) is 11.2 Å². The van der Waals surface area contributed by atoms with Crippen LogP contribution in [-0.4, -0.2) is 13.1 Å². The molecule has 19 heavy (non-hydrogen) atoms. The van der Waals surface area contributed by atoms with Crippen molar-refractivity contribution in [1.82, 2.24) is 5.32 Å². The molecule has 0 unspecified atom stereocenters. The van der Waals surface area contributed by atoms with Crippen molar-refractivity contribution in [3.8, 4) is 0 Å². The van der Waals surface area contributed by atoms with E-state index in [1.165, 1.54) is 44.6 Å². The quantitative estimate of drug-likeness (QED) is 0.754. The van der Waals surface area contributed by atoms with Crippen LogP contribution in [0.5, 0.6) is 0 Å². The molecule has 0 spiro atoms. The van der Waals surface area contributed by atoms with E-state index >= 15 is 0 Å². The van der Waals surface area contributed by atoms with E-state index in [4.69, 9.17) is 0 Å². The third kappa shape index (κ3) is 4.31. The summed E-state index contributed by atoms with van der Waals surface area (Å²) >= 11 is 0. The lowest BCUT2D eigenvalue weighted by Crippen LogP contribution is -2.38. The highest BCUT2D eigenvalue weighted by molar-refractivity contribution is 5.18. The summed E-state index contributed by atoms with van der Waals surface area (Å²) in [5, 5.41) is 3.59. The first-order valence-corrected chi connectivity index (χ1v) is 7.69. The van der Waals surface area contributed by atoms with Crippen molar-refractivity contribution in [2.45, 2.75) is 51.9 Å². The number of hydrogen-bond acceptors (Lipinski definition) is 1. The van der Waals surface area contributed by atoms with Crippen LogP contribution in [0.3, 0.4) is 0 Å². The Labute approximate surface area is 116 Å². The second kappa shape index (κ2) is 7.04. The van der Waals surface area contributed by atoms with Gasteiger partial charge in [0.15, 0.2) is 0 Å². The minimum Gasteiger partial charge on any atom is -0.316 e. The van der Waals surface area contributed by atoms with Crippen LogP contribution in [0.2, 0.25) is 0 Å². The zero-order valence-corrected chi connectivity index (χ0v) is 12.1. The Bertz CT molecular complexity index is 383. The van der Waals surface area contributed by atoms with Gasteiger partial charge in [0, 0.05) is 6.54 Å². The normalized spacial score (nSPS) is 18.4. The molecular formula is C17H26FN. The van der Waals surface area contributed by atoms with Gasteiger partial charge >= 0.3 is 0 Å². The molecule has 1 aromatic rings. The minimum atomic E-state index is -0.107. The fraction of sp³-hybridized carbons (Fsp3) is 0.647. The van der Waals surface area contributed by atoms with Crippen LogP contribution in [0.25, 0.3) is 0 Å². The number of benzene rings is 1. The topological polar surface area (TPSA) is 12.0 Å². The van der Waals surface area contributed by atoms with Gasteiger partial charge in [-0.05, 0) is 55.3 Å². The highest BCUT2D eigenvalue weighted by Gasteiger charge is 2.31. The van der Waals surface area contributed by atoms with Gasteiger partial charge in [-0.25, -0.2) is 4.39 Å². The molecule has 1 N–H and O–H groups in total. The molecule has 1 saturated carbocycles. The van der Waals surface area contributed by atoms with Crippen molar-refractivity contribution in [2.75, 3.05) is 13.1 Å². The molecule has 1 aromatic carbocycles.